The van der Waals surface area contributed by atoms with Crippen LogP contribution in [-0.2, 0) is 0 Å². The average Bonchev–Trinajstić information content (AvgIpc) is 3.64. The maximum absolute atomic E-state index is 10.5. The SMILES string of the molecule is Bc1c(C#N)c(B)c(C#N)c(/C(C#N)=c2\cnc3c(c2)c2c/c(=C(\C#N)c4c(C#N)c(B)c(C#N)c(B)c4C#N)cnc2c2occc32)c1C#N. The molecular weight excluding hydrogens is 632 g/mol. The van der Waals surface area contributed by atoms with Gasteiger partial charge < -0.3 is 4.42 Å². The van der Waals surface area contributed by atoms with Gasteiger partial charge in [0.25, 0.3) is 0 Å². The summed E-state index contributed by atoms with van der Waals surface area (Å²) in [6.45, 7) is 0. The zero-order chi connectivity index (χ0) is 36.7. The summed E-state index contributed by atoms with van der Waals surface area (Å²) in [5.41, 5.74) is 3.22. The van der Waals surface area contributed by atoms with Crippen molar-refractivity contribution in [1.82, 2.24) is 9.97 Å². The lowest BCUT2D eigenvalue weighted by molar-refractivity contribution is 0.618. The second-order valence-corrected chi connectivity index (χ2v) is 11.5. The molecule has 0 aliphatic rings. The smallest absolute Gasteiger partial charge is 0.162 e. The van der Waals surface area contributed by atoms with E-state index in [1.807, 2.05) is 0 Å². The van der Waals surface area contributed by atoms with Gasteiger partial charge in [-0.25, -0.2) is 0 Å². The normalized spacial score (nSPS) is 11.5. The predicted molar refractivity (Wildman–Crippen MR) is 196 cm³/mol. The molecule has 3 heterocycles. The molecular formula is C36H14B4N10O. The lowest BCUT2D eigenvalue weighted by Gasteiger charge is -2.15. The van der Waals surface area contributed by atoms with Crippen molar-refractivity contribution in [3.63, 3.8) is 0 Å². The predicted octanol–water partition coefficient (Wildman–Crippen LogP) is -2.76. The summed E-state index contributed by atoms with van der Waals surface area (Å²) in [4.78, 5) is 9.36. The van der Waals surface area contributed by atoms with Crippen LogP contribution in [-0.4, -0.2) is 41.4 Å². The first-order valence-corrected chi connectivity index (χ1v) is 15.0. The molecule has 6 aromatic rings. The van der Waals surface area contributed by atoms with Crippen LogP contribution in [0, 0.1) is 90.6 Å². The molecule has 0 bridgehead atoms. The molecule has 3 aromatic carbocycles. The Labute approximate surface area is 293 Å². The Balaban J connectivity index is 1.83. The fraction of sp³-hybridized carbons (Fsp3) is 0. The second kappa shape index (κ2) is 12.5. The maximum atomic E-state index is 10.5. The zero-order valence-corrected chi connectivity index (χ0v) is 27.3. The van der Waals surface area contributed by atoms with Crippen molar-refractivity contribution in [3.05, 3.63) is 91.8 Å². The van der Waals surface area contributed by atoms with E-state index in [0.717, 1.165) is 0 Å². The monoisotopic (exact) mass is 646 g/mol. The number of pyridine rings is 2. The summed E-state index contributed by atoms with van der Waals surface area (Å²) in [6, 6.07) is 21.8. The third kappa shape index (κ3) is 4.65. The van der Waals surface area contributed by atoms with Crippen LogP contribution in [0.3, 0.4) is 0 Å². The van der Waals surface area contributed by atoms with Gasteiger partial charge in [-0.15, -0.1) is 0 Å². The average molecular weight is 646 g/mol. The fourth-order valence-corrected chi connectivity index (χ4v) is 6.67. The van der Waals surface area contributed by atoms with Gasteiger partial charge in [-0.05, 0) is 18.2 Å². The number of rotatable bonds is 2. The molecule has 0 aliphatic heterocycles. The lowest BCUT2D eigenvalue weighted by atomic mass is 9.72. The van der Waals surface area contributed by atoms with E-state index in [2.05, 4.69) is 53.5 Å². The molecule has 0 N–H and O–H groups in total. The van der Waals surface area contributed by atoms with Crippen molar-refractivity contribution >= 4 is 97.2 Å². The van der Waals surface area contributed by atoms with Crippen molar-refractivity contribution in [2.75, 3.05) is 0 Å². The number of aromatic nitrogens is 2. The Morgan fingerprint density at radius 2 is 0.882 bits per heavy atom. The standard InChI is InChI=1S/C36H14B4N10O/c37-30-22(7-43)28(23(8-44)31(38)26(30)11-47)20(5-41)15-3-18-19-4-16(14-50-35(19)36-17(1-2-51-36)34(18)49-13-15)21(6-42)29-24(9-45)32(39)27(12-48)33(40)25(29)10-46/h1-4,13-14H,37-40H2/b20-15-,21-16-. The van der Waals surface area contributed by atoms with Crippen molar-refractivity contribution < 1.29 is 4.42 Å². The van der Waals surface area contributed by atoms with Gasteiger partial charge in [0.1, 0.15) is 49.0 Å². The number of nitriles is 8. The van der Waals surface area contributed by atoms with Gasteiger partial charge in [-0.3, -0.25) is 9.97 Å². The summed E-state index contributed by atoms with van der Waals surface area (Å²) >= 11 is 0. The van der Waals surface area contributed by atoms with Crippen LogP contribution < -0.4 is 32.3 Å². The number of benzene rings is 3. The van der Waals surface area contributed by atoms with Crippen LogP contribution in [0.15, 0.2) is 41.3 Å². The molecule has 0 radical (unpaired) electrons. The minimum absolute atomic E-state index is 0.0112. The molecule has 15 heteroatoms. The molecule has 0 spiro atoms. The summed E-state index contributed by atoms with van der Waals surface area (Å²) in [7, 11) is 6.36. The molecule has 0 aliphatic carbocycles. The van der Waals surface area contributed by atoms with Crippen molar-refractivity contribution in [1.29, 1.82) is 42.1 Å². The van der Waals surface area contributed by atoms with Crippen LogP contribution in [0.5, 0.6) is 0 Å². The summed E-state index contributed by atoms with van der Waals surface area (Å²) in [6.07, 6.45) is 4.37. The van der Waals surface area contributed by atoms with Crippen molar-refractivity contribution in [3.8, 4) is 48.6 Å². The molecule has 0 fully saturated rings. The number of nitrogens with zero attached hydrogens (tertiary/aromatic N) is 10. The lowest BCUT2D eigenvalue weighted by Crippen LogP contribution is -2.30. The van der Waals surface area contributed by atoms with Crippen molar-refractivity contribution in [2.24, 2.45) is 0 Å². The highest BCUT2D eigenvalue weighted by atomic mass is 16.3. The molecule has 11 nitrogen and oxygen atoms in total. The minimum Gasteiger partial charge on any atom is -0.462 e. The van der Waals surface area contributed by atoms with Gasteiger partial charge in [0, 0.05) is 61.2 Å². The highest BCUT2D eigenvalue weighted by Crippen LogP contribution is 2.33. The van der Waals surface area contributed by atoms with E-state index in [1.54, 1.807) is 49.6 Å². The van der Waals surface area contributed by atoms with E-state index in [9.17, 15) is 42.1 Å². The Hall–Kier alpha value is -8.06. The second-order valence-electron chi connectivity index (χ2n) is 11.5. The molecule has 226 valence electrons. The topological polar surface area (TPSA) is 229 Å². The molecule has 0 saturated carbocycles. The van der Waals surface area contributed by atoms with Crippen molar-refractivity contribution in [2.45, 2.75) is 0 Å². The summed E-state index contributed by atoms with van der Waals surface area (Å²) in [5.74, 6) is 0. The Morgan fingerprint density at radius 3 is 1.25 bits per heavy atom. The Bertz CT molecular complexity index is 2840. The highest BCUT2D eigenvalue weighted by molar-refractivity contribution is 6.44. The largest absolute Gasteiger partial charge is 0.462 e. The first-order valence-electron chi connectivity index (χ1n) is 15.0. The van der Waals surface area contributed by atoms with Crippen LogP contribution in [0.1, 0.15) is 44.5 Å². The van der Waals surface area contributed by atoms with Gasteiger partial charge >= 0.3 is 0 Å². The van der Waals surface area contributed by atoms with E-state index in [-0.39, 0.29) is 66.1 Å². The van der Waals surface area contributed by atoms with Gasteiger partial charge in [0.05, 0.1) is 81.6 Å². The number of fused-ring (bicyclic) bond motifs is 6. The van der Waals surface area contributed by atoms with Gasteiger partial charge in [0.15, 0.2) is 5.58 Å². The third-order valence-electron chi connectivity index (χ3n) is 9.17. The van der Waals surface area contributed by atoms with Crippen LogP contribution in [0.25, 0.3) is 43.9 Å². The minimum atomic E-state index is -0.0184. The first kappa shape index (κ1) is 32.9. The number of hydrogen-bond acceptors (Lipinski definition) is 11. The van der Waals surface area contributed by atoms with Gasteiger partial charge in [-0.1, -0.05) is 21.9 Å². The number of hydrogen-bond donors (Lipinski definition) is 0. The van der Waals surface area contributed by atoms with E-state index in [0.29, 0.717) is 54.6 Å². The Kier molecular flexibility index (Phi) is 8.07. The molecule has 0 saturated heterocycles. The van der Waals surface area contributed by atoms with Crippen LogP contribution in [0.4, 0.5) is 0 Å². The zero-order valence-electron chi connectivity index (χ0n) is 27.3. The van der Waals surface area contributed by atoms with Gasteiger partial charge in [-0.2, -0.15) is 42.1 Å². The van der Waals surface area contributed by atoms with Crippen LogP contribution >= 0.6 is 0 Å². The fourth-order valence-electron chi connectivity index (χ4n) is 6.67. The molecule has 51 heavy (non-hydrogen) atoms. The van der Waals surface area contributed by atoms with E-state index < -0.39 is 0 Å². The van der Waals surface area contributed by atoms with Crippen LogP contribution in [0.2, 0.25) is 0 Å². The highest BCUT2D eigenvalue weighted by Gasteiger charge is 2.25. The quantitative estimate of drug-likeness (QED) is 0.138. The molecule has 0 unspecified atom stereocenters. The number of furan rings is 1. The summed E-state index contributed by atoms with van der Waals surface area (Å²) in [5, 5.41) is 83.3. The Morgan fingerprint density at radius 1 is 0.510 bits per heavy atom. The first-order chi connectivity index (χ1) is 24.6. The van der Waals surface area contributed by atoms with E-state index >= 15 is 0 Å². The summed E-state index contributed by atoms with van der Waals surface area (Å²) < 4.78 is 5.81. The molecule has 3 aromatic heterocycles. The molecule has 6 rings (SSSR count). The maximum Gasteiger partial charge on any atom is 0.162 e. The van der Waals surface area contributed by atoms with E-state index in [4.69, 9.17) is 9.40 Å². The molecule has 0 atom stereocenters. The van der Waals surface area contributed by atoms with Gasteiger partial charge in [0.2, 0.25) is 0 Å². The molecule has 0 amide bonds. The van der Waals surface area contributed by atoms with E-state index in [1.165, 1.54) is 18.7 Å². The third-order valence-corrected chi connectivity index (χ3v) is 9.17.